The molecule has 0 N–H and O–H groups in total. The number of fused-ring (bicyclic) bond motifs is 1. The number of amidine groups is 1. The van der Waals surface area contributed by atoms with E-state index in [2.05, 4.69) is 4.99 Å². The van der Waals surface area contributed by atoms with Crippen LogP contribution in [0.5, 0.6) is 0 Å². The Hall–Kier alpha value is -3.71. The number of halogens is 1. The molecule has 33 heavy (non-hydrogen) atoms. The molecule has 0 atom stereocenters. The van der Waals surface area contributed by atoms with Gasteiger partial charge in [-0.15, -0.1) is 0 Å². The second-order valence-electron chi connectivity index (χ2n) is 7.66. The van der Waals surface area contributed by atoms with E-state index in [0.29, 0.717) is 17.4 Å². The first-order valence-corrected chi connectivity index (χ1v) is 11.6. The van der Waals surface area contributed by atoms with Gasteiger partial charge in [0.2, 0.25) is 5.91 Å². The normalized spacial score (nSPS) is 16.3. The van der Waals surface area contributed by atoms with Gasteiger partial charge in [0.1, 0.15) is 11.5 Å². The standard InChI is InChI=1S/C26H20FN3O2S/c27-20-10-12-21(13-11-20)30-25(32)22(16-18-6-2-1-3-7-18)28-26(30)33-17-24(31)29-15-14-19-8-4-5-9-23(19)29/h1-13,16H,14-15,17H2. The lowest BCUT2D eigenvalue weighted by Gasteiger charge is -2.20. The summed E-state index contributed by atoms with van der Waals surface area (Å²) in [5.41, 5.74) is 3.72. The molecule has 2 amide bonds. The van der Waals surface area contributed by atoms with Crippen LogP contribution in [0.1, 0.15) is 11.1 Å². The lowest BCUT2D eigenvalue weighted by atomic mass is 10.2. The third-order valence-corrected chi connectivity index (χ3v) is 6.45. The fraction of sp³-hybridized carbons (Fsp3) is 0.115. The molecule has 3 aromatic rings. The van der Waals surface area contributed by atoms with Crippen LogP contribution in [0.4, 0.5) is 15.8 Å². The van der Waals surface area contributed by atoms with Gasteiger partial charge in [-0.25, -0.2) is 9.38 Å². The summed E-state index contributed by atoms with van der Waals surface area (Å²) in [4.78, 5) is 34.0. The highest BCUT2D eigenvalue weighted by molar-refractivity contribution is 8.14. The van der Waals surface area contributed by atoms with Gasteiger partial charge in [-0.3, -0.25) is 14.5 Å². The number of benzene rings is 3. The Morgan fingerprint density at radius 3 is 2.52 bits per heavy atom. The van der Waals surface area contributed by atoms with Gasteiger partial charge in [0.15, 0.2) is 5.17 Å². The van der Waals surface area contributed by atoms with Crippen molar-refractivity contribution in [2.45, 2.75) is 6.42 Å². The number of carbonyl (C=O) groups is 2. The summed E-state index contributed by atoms with van der Waals surface area (Å²) in [6, 6.07) is 23.0. The second-order valence-corrected chi connectivity index (χ2v) is 8.61. The fourth-order valence-electron chi connectivity index (χ4n) is 3.92. The third kappa shape index (κ3) is 4.32. The maximum absolute atomic E-state index is 13.5. The number of hydrogen-bond acceptors (Lipinski definition) is 4. The van der Waals surface area contributed by atoms with Crippen molar-refractivity contribution in [3.8, 4) is 0 Å². The molecule has 2 aliphatic rings. The van der Waals surface area contributed by atoms with Crippen LogP contribution in [0, 0.1) is 5.82 Å². The first-order chi connectivity index (χ1) is 16.1. The van der Waals surface area contributed by atoms with Crippen LogP contribution >= 0.6 is 11.8 Å². The molecule has 0 fully saturated rings. The summed E-state index contributed by atoms with van der Waals surface area (Å²) < 4.78 is 13.5. The molecule has 0 saturated carbocycles. The number of carbonyl (C=O) groups excluding carboxylic acids is 2. The second kappa shape index (κ2) is 9.03. The van der Waals surface area contributed by atoms with E-state index in [0.717, 1.165) is 23.2 Å². The number of amides is 2. The van der Waals surface area contributed by atoms with Gasteiger partial charge in [0.05, 0.1) is 11.4 Å². The van der Waals surface area contributed by atoms with Gasteiger partial charge < -0.3 is 4.90 Å². The fourth-order valence-corrected chi connectivity index (χ4v) is 4.81. The first-order valence-electron chi connectivity index (χ1n) is 10.6. The molecule has 3 aromatic carbocycles. The molecule has 0 aromatic heterocycles. The Kier molecular flexibility index (Phi) is 5.79. The number of rotatable bonds is 4. The number of anilines is 2. The van der Waals surface area contributed by atoms with Crippen molar-refractivity contribution in [1.29, 1.82) is 0 Å². The van der Waals surface area contributed by atoms with E-state index in [4.69, 9.17) is 0 Å². The van der Waals surface area contributed by atoms with Gasteiger partial charge in [-0.1, -0.05) is 60.3 Å². The summed E-state index contributed by atoms with van der Waals surface area (Å²) in [6.07, 6.45) is 2.54. The Balaban J connectivity index is 1.40. The van der Waals surface area contributed by atoms with E-state index < -0.39 is 0 Å². The number of hydrogen-bond donors (Lipinski definition) is 0. The maximum Gasteiger partial charge on any atom is 0.283 e. The van der Waals surface area contributed by atoms with E-state index >= 15 is 0 Å². The summed E-state index contributed by atoms with van der Waals surface area (Å²) in [5, 5.41) is 0.398. The largest absolute Gasteiger partial charge is 0.311 e. The van der Waals surface area contributed by atoms with Gasteiger partial charge in [0, 0.05) is 12.2 Å². The Morgan fingerprint density at radius 1 is 1.00 bits per heavy atom. The number of para-hydroxylation sites is 1. The van der Waals surface area contributed by atoms with E-state index in [1.165, 1.54) is 40.9 Å². The zero-order valence-corrected chi connectivity index (χ0v) is 18.5. The van der Waals surface area contributed by atoms with Crippen molar-refractivity contribution in [3.05, 3.63) is 102 Å². The minimum absolute atomic E-state index is 0.0420. The van der Waals surface area contributed by atoms with E-state index in [1.54, 1.807) is 11.0 Å². The maximum atomic E-state index is 13.5. The predicted octanol–water partition coefficient (Wildman–Crippen LogP) is 4.89. The van der Waals surface area contributed by atoms with Gasteiger partial charge in [-0.05, 0) is 54.0 Å². The Bertz CT molecular complexity index is 1270. The average molecular weight is 458 g/mol. The molecule has 5 nitrogen and oxygen atoms in total. The van der Waals surface area contributed by atoms with Crippen LogP contribution in [0.2, 0.25) is 0 Å². The molecular formula is C26H20FN3O2S. The topological polar surface area (TPSA) is 53.0 Å². The van der Waals surface area contributed by atoms with E-state index in [-0.39, 0.29) is 29.1 Å². The van der Waals surface area contributed by atoms with Crippen molar-refractivity contribution in [2.75, 3.05) is 22.1 Å². The quantitative estimate of drug-likeness (QED) is 0.524. The number of aliphatic imine (C=N–C) groups is 1. The highest BCUT2D eigenvalue weighted by Crippen LogP contribution is 2.31. The lowest BCUT2D eigenvalue weighted by molar-refractivity contribution is -0.116. The summed E-state index contributed by atoms with van der Waals surface area (Å²) in [6.45, 7) is 0.644. The zero-order valence-electron chi connectivity index (χ0n) is 17.6. The highest BCUT2D eigenvalue weighted by atomic mass is 32.2. The molecule has 2 heterocycles. The monoisotopic (exact) mass is 457 g/mol. The van der Waals surface area contributed by atoms with Gasteiger partial charge in [-0.2, -0.15) is 0 Å². The van der Waals surface area contributed by atoms with Crippen LogP contribution in [0.3, 0.4) is 0 Å². The van der Waals surface area contributed by atoms with Crippen molar-refractivity contribution >= 4 is 46.2 Å². The molecular weight excluding hydrogens is 437 g/mol. The van der Waals surface area contributed by atoms with Crippen LogP contribution in [0.25, 0.3) is 6.08 Å². The lowest BCUT2D eigenvalue weighted by Crippen LogP contribution is -2.34. The Labute approximate surface area is 195 Å². The molecule has 0 bridgehead atoms. The molecule has 0 spiro atoms. The molecule has 164 valence electrons. The zero-order chi connectivity index (χ0) is 22.8. The summed E-state index contributed by atoms with van der Waals surface area (Å²) in [5.74, 6) is -0.609. The summed E-state index contributed by atoms with van der Waals surface area (Å²) >= 11 is 1.21. The smallest absolute Gasteiger partial charge is 0.283 e. The van der Waals surface area contributed by atoms with Crippen molar-refractivity contribution in [2.24, 2.45) is 4.99 Å². The minimum atomic E-state index is -0.389. The van der Waals surface area contributed by atoms with Crippen molar-refractivity contribution < 1.29 is 14.0 Å². The number of thioether (sulfide) groups is 1. The Morgan fingerprint density at radius 2 is 1.73 bits per heavy atom. The molecule has 0 radical (unpaired) electrons. The molecule has 0 saturated heterocycles. The molecule has 7 heteroatoms. The molecule has 5 rings (SSSR count). The van der Waals surface area contributed by atoms with E-state index in [9.17, 15) is 14.0 Å². The SMILES string of the molecule is O=C(CSC1=NC(=Cc2ccccc2)C(=O)N1c1ccc(F)cc1)N1CCc2ccccc21. The van der Waals surface area contributed by atoms with Crippen LogP contribution in [-0.4, -0.2) is 29.3 Å². The number of nitrogens with zero attached hydrogens (tertiary/aromatic N) is 3. The van der Waals surface area contributed by atoms with E-state index in [1.807, 2.05) is 54.6 Å². The van der Waals surface area contributed by atoms with Gasteiger partial charge >= 0.3 is 0 Å². The average Bonchev–Trinajstić information content (AvgIpc) is 3.40. The van der Waals surface area contributed by atoms with Crippen molar-refractivity contribution in [3.63, 3.8) is 0 Å². The van der Waals surface area contributed by atoms with Crippen LogP contribution in [-0.2, 0) is 16.0 Å². The van der Waals surface area contributed by atoms with Gasteiger partial charge in [0.25, 0.3) is 5.91 Å². The van der Waals surface area contributed by atoms with Crippen molar-refractivity contribution in [1.82, 2.24) is 0 Å². The minimum Gasteiger partial charge on any atom is -0.311 e. The van der Waals surface area contributed by atoms with Crippen LogP contribution < -0.4 is 9.80 Å². The van der Waals surface area contributed by atoms with Crippen LogP contribution in [0.15, 0.2) is 89.6 Å². The first kappa shape index (κ1) is 21.2. The predicted molar refractivity (Wildman–Crippen MR) is 131 cm³/mol. The highest BCUT2D eigenvalue weighted by Gasteiger charge is 2.33. The molecule has 0 aliphatic carbocycles. The third-order valence-electron chi connectivity index (χ3n) is 5.53. The summed E-state index contributed by atoms with van der Waals surface area (Å²) in [7, 11) is 0. The molecule has 2 aliphatic heterocycles. The molecule has 0 unspecified atom stereocenters.